The van der Waals surface area contributed by atoms with Gasteiger partial charge in [-0.15, -0.1) is 0 Å². The van der Waals surface area contributed by atoms with E-state index in [4.69, 9.17) is 5.73 Å². The van der Waals surface area contributed by atoms with Crippen LogP contribution in [0, 0.1) is 0 Å². The van der Waals surface area contributed by atoms with Gasteiger partial charge in [-0.25, -0.2) is 4.98 Å². The van der Waals surface area contributed by atoms with Gasteiger partial charge >= 0.3 is 0 Å². The van der Waals surface area contributed by atoms with E-state index in [-0.39, 0.29) is 0 Å². The van der Waals surface area contributed by atoms with Gasteiger partial charge in [0.1, 0.15) is 6.26 Å². The molecule has 2 N–H and O–H groups in total. The van der Waals surface area contributed by atoms with Crippen molar-refractivity contribution in [3.05, 3.63) is 18.5 Å². The molecule has 0 saturated carbocycles. The quantitative estimate of drug-likeness (QED) is 0.580. The van der Waals surface area contributed by atoms with Crippen molar-refractivity contribution in [1.29, 1.82) is 0 Å². The summed E-state index contributed by atoms with van der Waals surface area (Å²) in [7, 11) is 0. The Morgan fingerprint density at radius 2 is 2.40 bits per heavy atom. The maximum Gasteiger partial charge on any atom is 0.202 e. The first kappa shape index (κ1) is 5.22. The standard InChI is InChI=1S/C6H5N3O/c7-5-1-4-3-10-9-6(4)8-2-5/h1-3H,7H2. The topological polar surface area (TPSA) is 64.9 Å². The zero-order valence-electron chi connectivity index (χ0n) is 5.11. The summed E-state index contributed by atoms with van der Waals surface area (Å²) in [5, 5.41) is 4.45. The van der Waals surface area contributed by atoms with Crippen LogP contribution in [0.25, 0.3) is 11.0 Å². The number of pyridine rings is 1. The number of rotatable bonds is 0. The maximum absolute atomic E-state index is 5.45. The van der Waals surface area contributed by atoms with Crippen molar-refractivity contribution in [2.75, 3.05) is 5.73 Å². The van der Waals surface area contributed by atoms with Crippen molar-refractivity contribution in [3.8, 4) is 0 Å². The Morgan fingerprint density at radius 1 is 1.50 bits per heavy atom. The zero-order chi connectivity index (χ0) is 6.97. The van der Waals surface area contributed by atoms with E-state index in [1.807, 2.05) is 0 Å². The average Bonchev–Trinajstić information content (AvgIpc) is 2.33. The second-order valence-electron chi connectivity index (χ2n) is 2.00. The van der Waals surface area contributed by atoms with Gasteiger partial charge in [0.15, 0.2) is 0 Å². The van der Waals surface area contributed by atoms with E-state index in [2.05, 4.69) is 14.7 Å². The summed E-state index contributed by atoms with van der Waals surface area (Å²) in [5.74, 6) is 0. The van der Waals surface area contributed by atoms with Gasteiger partial charge in [-0.05, 0) is 6.07 Å². The Kier molecular flexibility index (Phi) is 0.887. The SMILES string of the molecule is Nc1cnc2nocc2c1. The second-order valence-corrected chi connectivity index (χ2v) is 2.00. The molecule has 0 fully saturated rings. The normalized spacial score (nSPS) is 10.4. The average molecular weight is 135 g/mol. The van der Waals surface area contributed by atoms with Crippen LogP contribution in [0.5, 0.6) is 0 Å². The van der Waals surface area contributed by atoms with Crippen molar-refractivity contribution in [2.45, 2.75) is 0 Å². The Hall–Kier alpha value is -1.58. The molecule has 0 spiro atoms. The molecule has 2 aromatic rings. The maximum atomic E-state index is 5.45. The summed E-state index contributed by atoms with van der Waals surface area (Å²) >= 11 is 0. The van der Waals surface area contributed by atoms with Gasteiger partial charge in [0.25, 0.3) is 0 Å². The lowest BCUT2D eigenvalue weighted by atomic mass is 10.3. The van der Waals surface area contributed by atoms with Crippen molar-refractivity contribution < 1.29 is 4.52 Å². The molecule has 0 unspecified atom stereocenters. The Balaban J connectivity index is 2.86. The minimum Gasteiger partial charge on any atom is -0.397 e. The summed E-state index contributed by atoms with van der Waals surface area (Å²) in [6.07, 6.45) is 3.06. The molecule has 2 rings (SSSR count). The van der Waals surface area contributed by atoms with Crippen LogP contribution in [0.1, 0.15) is 0 Å². The number of fused-ring (bicyclic) bond motifs is 1. The molecule has 0 aromatic carbocycles. The van der Waals surface area contributed by atoms with Gasteiger partial charge in [-0.3, -0.25) is 0 Å². The van der Waals surface area contributed by atoms with Gasteiger partial charge in [0.2, 0.25) is 5.65 Å². The number of nitrogen functional groups attached to an aromatic ring is 1. The third-order valence-corrected chi connectivity index (χ3v) is 1.24. The Bertz CT molecular complexity index is 355. The van der Waals surface area contributed by atoms with E-state index in [0.29, 0.717) is 11.3 Å². The molecule has 0 aliphatic carbocycles. The first-order valence-corrected chi connectivity index (χ1v) is 2.82. The smallest absolute Gasteiger partial charge is 0.202 e. The molecule has 0 radical (unpaired) electrons. The highest BCUT2D eigenvalue weighted by Crippen LogP contribution is 2.11. The first-order valence-electron chi connectivity index (χ1n) is 2.82. The number of anilines is 1. The number of nitrogens with zero attached hydrogens (tertiary/aromatic N) is 2. The lowest BCUT2D eigenvalue weighted by Crippen LogP contribution is -1.84. The van der Waals surface area contributed by atoms with Crippen molar-refractivity contribution in [1.82, 2.24) is 10.1 Å². The number of aromatic nitrogens is 2. The van der Waals surface area contributed by atoms with Crippen LogP contribution >= 0.6 is 0 Å². The minimum absolute atomic E-state index is 0.592. The number of hydrogen-bond donors (Lipinski definition) is 1. The Labute approximate surface area is 56.6 Å². The van der Waals surface area contributed by atoms with Crippen molar-refractivity contribution in [3.63, 3.8) is 0 Å². The summed E-state index contributed by atoms with van der Waals surface area (Å²) < 4.78 is 4.65. The summed E-state index contributed by atoms with van der Waals surface area (Å²) in [6.45, 7) is 0. The third kappa shape index (κ3) is 0.621. The fourth-order valence-corrected chi connectivity index (χ4v) is 0.788. The highest BCUT2D eigenvalue weighted by Gasteiger charge is 1.96. The molecule has 4 nitrogen and oxygen atoms in total. The van der Waals surface area contributed by atoms with Crippen LogP contribution in [0.2, 0.25) is 0 Å². The van der Waals surface area contributed by atoms with E-state index in [9.17, 15) is 0 Å². The van der Waals surface area contributed by atoms with Gasteiger partial charge in [0, 0.05) is 0 Å². The van der Waals surface area contributed by atoms with E-state index in [1.54, 1.807) is 12.3 Å². The lowest BCUT2D eigenvalue weighted by molar-refractivity contribution is 0.426. The van der Waals surface area contributed by atoms with E-state index in [1.165, 1.54) is 6.26 Å². The molecule has 0 atom stereocenters. The van der Waals surface area contributed by atoms with Crippen LogP contribution in [0.4, 0.5) is 5.69 Å². The number of hydrogen-bond acceptors (Lipinski definition) is 4. The predicted octanol–water partition coefficient (Wildman–Crippen LogP) is 0.805. The fourth-order valence-electron chi connectivity index (χ4n) is 0.788. The zero-order valence-corrected chi connectivity index (χ0v) is 5.11. The van der Waals surface area contributed by atoms with Crippen molar-refractivity contribution >= 4 is 16.7 Å². The molecule has 2 aromatic heterocycles. The van der Waals surface area contributed by atoms with Crippen LogP contribution in [-0.2, 0) is 0 Å². The monoisotopic (exact) mass is 135 g/mol. The van der Waals surface area contributed by atoms with Crippen LogP contribution < -0.4 is 5.73 Å². The third-order valence-electron chi connectivity index (χ3n) is 1.24. The predicted molar refractivity (Wildman–Crippen MR) is 36.2 cm³/mol. The lowest BCUT2D eigenvalue weighted by Gasteiger charge is -1.87. The van der Waals surface area contributed by atoms with E-state index in [0.717, 1.165) is 5.39 Å². The Morgan fingerprint density at radius 3 is 3.30 bits per heavy atom. The molecule has 10 heavy (non-hydrogen) atoms. The highest BCUT2D eigenvalue weighted by atomic mass is 16.5. The van der Waals surface area contributed by atoms with Crippen molar-refractivity contribution in [2.24, 2.45) is 0 Å². The second kappa shape index (κ2) is 1.70. The molecule has 0 saturated heterocycles. The van der Waals surface area contributed by atoms with Crippen LogP contribution in [0.3, 0.4) is 0 Å². The number of nitrogens with two attached hydrogens (primary N) is 1. The summed E-state index contributed by atoms with van der Waals surface area (Å²) in [5.41, 5.74) is 6.66. The van der Waals surface area contributed by atoms with Crippen LogP contribution in [0.15, 0.2) is 23.0 Å². The fraction of sp³-hybridized carbons (Fsp3) is 0. The summed E-state index contributed by atoms with van der Waals surface area (Å²) in [6, 6.07) is 1.76. The molecule has 0 aliphatic rings. The molecular weight excluding hydrogens is 130 g/mol. The van der Waals surface area contributed by atoms with Gasteiger partial charge in [-0.1, -0.05) is 5.16 Å². The first-order chi connectivity index (χ1) is 4.86. The molecule has 2 heterocycles. The summed E-state index contributed by atoms with van der Waals surface area (Å²) in [4.78, 5) is 3.91. The largest absolute Gasteiger partial charge is 0.397 e. The molecule has 4 heteroatoms. The minimum atomic E-state index is 0.592. The van der Waals surface area contributed by atoms with E-state index < -0.39 is 0 Å². The van der Waals surface area contributed by atoms with Gasteiger partial charge < -0.3 is 10.3 Å². The molecule has 0 amide bonds. The molecule has 50 valence electrons. The van der Waals surface area contributed by atoms with Crippen LogP contribution in [-0.4, -0.2) is 10.1 Å². The highest BCUT2D eigenvalue weighted by molar-refractivity contribution is 5.75. The van der Waals surface area contributed by atoms with E-state index >= 15 is 0 Å². The molecule has 0 aliphatic heterocycles. The molecule has 0 bridgehead atoms. The van der Waals surface area contributed by atoms with Gasteiger partial charge in [0.05, 0.1) is 17.3 Å². The molecular formula is C6H5N3O. The van der Waals surface area contributed by atoms with Gasteiger partial charge in [-0.2, -0.15) is 0 Å².